The number of rotatable bonds is 7. The van der Waals surface area contributed by atoms with Gasteiger partial charge in [0.2, 0.25) is 0 Å². The van der Waals surface area contributed by atoms with Crippen LogP contribution in [0.1, 0.15) is 18.1 Å². The summed E-state index contributed by atoms with van der Waals surface area (Å²) in [6, 6.07) is 23.0. The van der Waals surface area contributed by atoms with Gasteiger partial charge in [0, 0.05) is 39.9 Å². The maximum Gasteiger partial charge on any atom is 0.280 e. The summed E-state index contributed by atoms with van der Waals surface area (Å²) in [5.74, 6) is 0.730. The Hall–Kier alpha value is -4.03. The topological polar surface area (TPSA) is 75.2 Å². The van der Waals surface area contributed by atoms with Crippen LogP contribution in [0, 0.1) is 0 Å². The first-order valence-electron chi connectivity index (χ1n) is 11.4. The molecule has 5 aromatic rings. The summed E-state index contributed by atoms with van der Waals surface area (Å²) in [6.45, 7) is 2.44. The second-order valence-electron chi connectivity index (χ2n) is 8.29. The van der Waals surface area contributed by atoms with Gasteiger partial charge in [0.25, 0.3) is 5.56 Å². The van der Waals surface area contributed by atoms with Crippen LogP contribution in [0.5, 0.6) is 5.75 Å². The molecule has 0 saturated heterocycles. The first-order valence-corrected chi connectivity index (χ1v) is 11.7. The van der Waals surface area contributed by atoms with E-state index in [1.54, 1.807) is 11.8 Å². The number of benzene rings is 3. The highest BCUT2D eigenvalue weighted by molar-refractivity contribution is 6.31. The lowest BCUT2D eigenvalue weighted by Gasteiger charge is -2.04. The summed E-state index contributed by atoms with van der Waals surface area (Å²) in [4.78, 5) is 21.6. The largest absolute Gasteiger partial charge is 0.497 e. The molecule has 0 fully saturated rings. The average molecular weight is 485 g/mol. The molecule has 0 radical (unpaired) electrons. The molecule has 2 aromatic heterocycles. The number of hydrogen-bond donors (Lipinski definition) is 2. The monoisotopic (exact) mass is 484 g/mol. The van der Waals surface area contributed by atoms with Gasteiger partial charge in [-0.3, -0.25) is 14.9 Å². The van der Waals surface area contributed by atoms with Gasteiger partial charge in [-0.1, -0.05) is 41.9 Å². The predicted octanol–water partition coefficient (Wildman–Crippen LogP) is 6.03. The van der Waals surface area contributed by atoms with Crippen molar-refractivity contribution in [1.82, 2.24) is 14.8 Å². The zero-order valence-electron chi connectivity index (χ0n) is 19.5. The van der Waals surface area contributed by atoms with Gasteiger partial charge < -0.3 is 9.72 Å². The molecular weight excluding hydrogens is 460 g/mol. The van der Waals surface area contributed by atoms with Crippen molar-refractivity contribution in [2.24, 2.45) is 4.99 Å². The quantitative estimate of drug-likeness (QED) is 0.277. The first-order chi connectivity index (χ1) is 17.0. The Kier molecular flexibility index (Phi) is 6.29. The molecule has 0 atom stereocenters. The van der Waals surface area contributed by atoms with Crippen LogP contribution in [0.2, 0.25) is 5.02 Å². The number of aromatic amines is 2. The van der Waals surface area contributed by atoms with Crippen LogP contribution in [0.4, 0.5) is 0 Å². The van der Waals surface area contributed by atoms with Crippen LogP contribution in [-0.2, 0) is 6.42 Å². The Morgan fingerprint density at radius 2 is 1.83 bits per heavy atom. The van der Waals surface area contributed by atoms with Crippen LogP contribution in [0.25, 0.3) is 27.8 Å². The van der Waals surface area contributed by atoms with Gasteiger partial charge in [0.1, 0.15) is 5.75 Å². The van der Waals surface area contributed by atoms with Crippen molar-refractivity contribution in [2.75, 3.05) is 13.7 Å². The zero-order valence-corrected chi connectivity index (χ0v) is 20.3. The predicted molar refractivity (Wildman–Crippen MR) is 142 cm³/mol. The van der Waals surface area contributed by atoms with Crippen molar-refractivity contribution < 1.29 is 4.74 Å². The van der Waals surface area contributed by atoms with Crippen molar-refractivity contribution in [2.45, 2.75) is 13.3 Å². The number of aliphatic imine (C=N–C) groups is 1. The summed E-state index contributed by atoms with van der Waals surface area (Å²) < 4.78 is 6.81. The molecular formula is C28H25ClN4O2. The van der Waals surface area contributed by atoms with E-state index in [0.717, 1.165) is 45.6 Å². The van der Waals surface area contributed by atoms with Crippen molar-refractivity contribution in [3.8, 4) is 22.7 Å². The molecule has 0 spiro atoms. The SMILES string of the molecule is COc1ccc(-n2[nH]c(-c3ccccc3)c(C(C)=NCCc3c[nH]c4ccc(Cl)cc34)c2=O)cc1. The fourth-order valence-corrected chi connectivity index (χ4v) is 4.45. The number of halogens is 1. The lowest BCUT2D eigenvalue weighted by Crippen LogP contribution is -2.19. The Morgan fingerprint density at radius 3 is 2.57 bits per heavy atom. The van der Waals surface area contributed by atoms with Gasteiger partial charge in [0.05, 0.1) is 24.1 Å². The highest BCUT2D eigenvalue weighted by Gasteiger charge is 2.19. The molecule has 176 valence electrons. The first kappa shape index (κ1) is 22.7. The number of nitrogens with zero attached hydrogens (tertiary/aromatic N) is 2. The number of hydrogen-bond acceptors (Lipinski definition) is 3. The van der Waals surface area contributed by atoms with E-state index in [9.17, 15) is 4.79 Å². The van der Waals surface area contributed by atoms with Gasteiger partial charge in [-0.2, -0.15) is 0 Å². The molecule has 0 bridgehead atoms. The number of nitrogens with one attached hydrogen (secondary N) is 2. The normalized spacial score (nSPS) is 11.8. The second-order valence-corrected chi connectivity index (χ2v) is 8.72. The minimum Gasteiger partial charge on any atom is -0.497 e. The van der Waals surface area contributed by atoms with Gasteiger partial charge in [-0.05, 0) is 61.4 Å². The summed E-state index contributed by atoms with van der Waals surface area (Å²) in [5.41, 5.74) is 5.69. The minimum atomic E-state index is -0.144. The third kappa shape index (κ3) is 4.53. The van der Waals surface area contributed by atoms with E-state index >= 15 is 0 Å². The molecule has 0 saturated carbocycles. The van der Waals surface area contributed by atoms with E-state index in [0.29, 0.717) is 22.8 Å². The molecule has 2 N–H and O–H groups in total. The van der Waals surface area contributed by atoms with Crippen LogP contribution in [0.3, 0.4) is 0 Å². The van der Waals surface area contributed by atoms with E-state index in [1.165, 1.54) is 0 Å². The molecule has 0 amide bonds. The smallest absolute Gasteiger partial charge is 0.280 e. The summed E-state index contributed by atoms with van der Waals surface area (Å²) in [7, 11) is 1.62. The van der Waals surface area contributed by atoms with Crippen molar-refractivity contribution in [1.29, 1.82) is 0 Å². The molecule has 5 rings (SSSR count). The number of methoxy groups -OCH3 is 1. The number of H-pyrrole nitrogens is 2. The lowest BCUT2D eigenvalue weighted by atomic mass is 10.1. The van der Waals surface area contributed by atoms with Crippen LogP contribution in [0.15, 0.2) is 88.8 Å². The fourth-order valence-electron chi connectivity index (χ4n) is 4.28. The van der Waals surface area contributed by atoms with E-state index in [-0.39, 0.29) is 5.56 Å². The number of fused-ring (bicyclic) bond motifs is 1. The van der Waals surface area contributed by atoms with E-state index < -0.39 is 0 Å². The van der Waals surface area contributed by atoms with Gasteiger partial charge in [-0.15, -0.1) is 0 Å². The summed E-state index contributed by atoms with van der Waals surface area (Å²) >= 11 is 6.19. The minimum absolute atomic E-state index is 0.144. The van der Waals surface area contributed by atoms with E-state index in [4.69, 9.17) is 21.3 Å². The third-order valence-electron chi connectivity index (χ3n) is 6.11. The number of aromatic nitrogens is 3. The molecule has 7 heteroatoms. The van der Waals surface area contributed by atoms with E-state index in [2.05, 4.69) is 10.1 Å². The molecule has 0 aliphatic rings. The maximum absolute atomic E-state index is 13.6. The molecule has 2 heterocycles. The maximum atomic E-state index is 13.6. The summed E-state index contributed by atoms with van der Waals surface area (Å²) in [5, 5.41) is 5.10. The van der Waals surface area contributed by atoms with E-state index in [1.807, 2.05) is 85.9 Å². The molecule has 6 nitrogen and oxygen atoms in total. The van der Waals surface area contributed by atoms with Gasteiger partial charge in [-0.25, -0.2) is 4.68 Å². The van der Waals surface area contributed by atoms with Crippen molar-refractivity contribution in [3.63, 3.8) is 0 Å². The summed E-state index contributed by atoms with van der Waals surface area (Å²) in [6.07, 6.45) is 2.73. The van der Waals surface area contributed by atoms with Gasteiger partial charge >= 0.3 is 0 Å². The highest BCUT2D eigenvalue weighted by atomic mass is 35.5. The van der Waals surface area contributed by atoms with Gasteiger partial charge in [0.15, 0.2) is 0 Å². The molecule has 0 aliphatic heterocycles. The zero-order chi connectivity index (χ0) is 24.4. The Morgan fingerprint density at radius 1 is 1.06 bits per heavy atom. The molecule has 0 aliphatic carbocycles. The fraction of sp³-hybridized carbons (Fsp3) is 0.143. The second kappa shape index (κ2) is 9.68. The Labute approximate surface area is 207 Å². The standard InChI is InChI=1S/C28H25ClN4O2/c1-18(30-15-14-20-17-31-25-13-8-21(29)16-24(20)25)26-27(19-6-4-3-5-7-19)32-33(28(26)34)22-9-11-23(35-2)12-10-22/h3-13,16-17,31-32H,14-15H2,1-2H3. The lowest BCUT2D eigenvalue weighted by molar-refractivity contribution is 0.414. The molecule has 0 unspecified atom stereocenters. The Balaban J connectivity index is 1.50. The van der Waals surface area contributed by atoms with Crippen LogP contribution >= 0.6 is 11.6 Å². The van der Waals surface area contributed by atoms with Crippen LogP contribution in [-0.4, -0.2) is 34.1 Å². The average Bonchev–Trinajstić information content (AvgIpc) is 3.45. The van der Waals surface area contributed by atoms with Crippen molar-refractivity contribution >= 4 is 28.2 Å². The number of ether oxygens (including phenoxy) is 1. The molecule has 35 heavy (non-hydrogen) atoms. The highest BCUT2D eigenvalue weighted by Crippen LogP contribution is 2.24. The van der Waals surface area contributed by atoms with Crippen molar-refractivity contribution in [3.05, 3.63) is 105 Å². The Bertz CT molecular complexity index is 1560. The third-order valence-corrected chi connectivity index (χ3v) is 6.34. The van der Waals surface area contributed by atoms with Crippen LogP contribution < -0.4 is 10.3 Å². The molecule has 3 aromatic carbocycles.